The second kappa shape index (κ2) is 8.99. The number of fused-ring (bicyclic) bond motifs is 3. The van der Waals surface area contributed by atoms with Crippen molar-refractivity contribution in [3.05, 3.63) is 63.0 Å². The minimum Gasteiger partial charge on any atom is -0.496 e. The van der Waals surface area contributed by atoms with Crippen molar-refractivity contribution in [2.75, 3.05) is 13.7 Å². The van der Waals surface area contributed by atoms with E-state index < -0.39 is 0 Å². The molecule has 31 heavy (non-hydrogen) atoms. The fraction of sp³-hybridized carbons (Fsp3) is 0.292. The minimum atomic E-state index is -0.279. The molecule has 0 saturated carbocycles. The second-order valence-electron chi connectivity index (χ2n) is 7.96. The lowest BCUT2D eigenvalue weighted by Crippen LogP contribution is -2.19. The van der Waals surface area contributed by atoms with Gasteiger partial charge in [0.1, 0.15) is 16.3 Å². The molecule has 0 saturated heterocycles. The highest BCUT2D eigenvalue weighted by Crippen LogP contribution is 2.42. The first kappa shape index (κ1) is 23.3. The summed E-state index contributed by atoms with van der Waals surface area (Å²) in [7, 11) is 1.61. The number of aromatic amines is 1. The minimum absolute atomic E-state index is 0. The van der Waals surface area contributed by atoms with Gasteiger partial charge in [0.15, 0.2) is 0 Å². The van der Waals surface area contributed by atoms with Gasteiger partial charge >= 0.3 is 0 Å². The van der Waals surface area contributed by atoms with Crippen LogP contribution in [0.5, 0.6) is 5.75 Å². The first-order chi connectivity index (χ1) is 14.4. The third kappa shape index (κ3) is 3.84. The van der Waals surface area contributed by atoms with E-state index in [1.807, 2.05) is 50.4 Å². The van der Waals surface area contributed by atoms with Gasteiger partial charge in [-0.2, -0.15) is 0 Å². The van der Waals surface area contributed by atoms with Gasteiger partial charge in [0.2, 0.25) is 0 Å². The summed E-state index contributed by atoms with van der Waals surface area (Å²) in [6, 6.07) is 9.11. The number of H-pyrrole nitrogens is 1. The molecule has 0 spiro atoms. The number of nitrogens with one attached hydrogen (secondary N) is 1. The van der Waals surface area contributed by atoms with Gasteiger partial charge in [-0.05, 0) is 59.7 Å². The van der Waals surface area contributed by atoms with Gasteiger partial charge in [0, 0.05) is 22.3 Å². The number of halogens is 2. The molecule has 0 aliphatic carbocycles. The summed E-state index contributed by atoms with van der Waals surface area (Å²) >= 11 is 1.40. The fourth-order valence-electron chi connectivity index (χ4n) is 4.26. The Labute approximate surface area is 190 Å². The predicted octanol–water partition coefficient (Wildman–Crippen LogP) is 5.99. The highest BCUT2D eigenvalue weighted by atomic mass is 35.5. The molecule has 1 atom stereocenters. The maximum absolute atomic E-state index is 15.2. The predicted molar refractivity (Wildman–Crippen MR) is 131 cm³/mol. The van der Waals surface area contributed by atoms with Crippen LogP contribution in [-0.2, 0) is 0 Å². The van der Waals surface area contributed by atoms with E-state index in [0.29, 0.717) is 28.1 Å². The standard InChI is InChI=1S/C24H25FN2O2S.ClH/c1-12(2)17(11-26)15-6-5-14(10-18(15)25)20-19(29-4)9-13(3)22-21(20)16-7-8-30-23(16)24(28)27-22;/h5-10,12,17H,11,26H2,1-4H3,(H,27,28);1H. The van der Waals surface area contributed by atoms with Gasteiger partial charge < -0.3 is 15.5 Å². The zero-order chi connectivity index (χ0) is 21.6. The molecule has 4 nitrogen and oxygen atoms in total. The number of ether oxygens (including phenoxy) is 1. The largest absolute Gasteiger partial charge is 0.496 e. The summed E-state index contributed by atoms with van der Waals surface area (Å²) in [6.07, 6.45) is 0. The number of aryl methyl sites for hydroxylation is 1. The van der Waals surface area contributed by atoms with E-state index in [1.165, 1.54) is 11.3 Å². The molecule has 1 unspecified atom stereocenters. The van der Waals surface area contributed by atoms with Crippen LogP contribution in [0.1, 0.15) is 30.9 Å². The zero-order valence-electron chi connectivity index (χ0n) is 17.9. The topological polar surface area (TPSA) is 68.1 Å². The van der Waals surface area contributed by atoms with E-state index in [9.17, 15) is 4.79 Å². The van der Waals surface area contributed by atoms with Gasteiger partial charge in [-0.25, -0.2) is 4.39 Å². The average Bonchev–Trinajstić information content (AvgIpc) is 3.20. The Morgan fingerprint density at radius 1 is 1.23 bits per heavy atom. The molecular formula is C24H26ClFN2O2S. The first-order valence-corrected chi connectivity index (χ1v) is 10.9. The van der Waals surface area contributed by atoms with E-state index in [1.54, 1.807) is 13.2 Å². The highest BCUT2D eigenvalue weighted by Gasteiger charge is 2.22. The summed E-state index contributed by atoms with van der Waals surface area (Å²) in [5, 5.41) is 3.62. The molecule has 0 fully saturated rings. The van der Waals surface area contributed by atoms with Crippen LogP contribution in [-0.4, -0.2) is 18.6 Å². The molecule has 2 heterocycles. The SMILES string of the molecule is COc1cc(C)c2[nH]c(=O)c3sccc3c2c1-c1ccc(C(CN)C(C)C)c(F)c1.Cl. The number of aromatic nitrogens is 1. The maximum Gasteiger partial charge on any atom is 0.266 e. The average molecular weight is 461 g/mol. The molecule has 0 bridgehead atoms. The van der Waals surface area contributed by atoms with Crippen LogP contribution in [0.25, 0.3) is 32.1 Å². The molecule has 4 aromatic rings. The molecule has 0 aliphatic rings. The monoisotopic (exact) mass is 460 g/mol. The molecule has 0 radical (unpaired) electrons. The van der Waals surface area contributed by atoms with Crippen molar-refractivity contribution in [1.29, 1.82) is 0 Å². The highest BCUT2D eigenvalue weighted by molar-refractivity contribution is 7.17. The Morgan fingerprint density at radius 3 is 2.58 bits per heavy atom. The van der Waals surface area contributed by atoms with Crippen molar-refractivity contribution < 1.29 is 9.13 Å². The summed E-state index contributed by atoms with van der Waals surface area (Å²) in [5.41, 5.74) is 9.54. The second-order valence-corrected chi connectivity index (χ2v) is 8.88. The third-order valence-corrected chi connectivity index (χ3v) is 6.75. The summed E-state index contributed by atoms with van der Waals surface area (Å²) < 4.78 is 21.6. The molecule has 7 heteroatoms. The summed E-state index contributed by atoms with van der Waals surface area (Å²) in [6.45, 7) is 6.42. The van der Waals surface area contributed by atoms with E-state index >= 15 is 4.39 Å². The van der Waals surface area contributed by atoms with Crippen molar-refractivity contribution >= 4 is 44.7 Å². The van der Waals surface area contributed by atoms with Crippen LogP contribution in [0.15, 0.2) is 40.5 Å². The summed E-state index contributed by atoms with van der Waals surface area (Å²) in [4.78, 5) is 15.5. The Balaban J connectivity index is 0.00000272. The van der Waals surface area contributed by atoms with Gasteiger partial charge in [0.25, 0.3) is 5.56 Å². The van der Waals surface area contributed by atoms with Crippen molar-refractivity contribution in [2.24, 2.45) is 11.7 Å². The van der Waals surface area contributed by atoms with Crippen molar-refractivity contribution in [3.8, 4) is 16.9 Å². The molecule has 3 N–H and O–H groups in total. The number of methoxy groups -OCH3 is 1. The molecule has 4 rings (SSSR count). The molecule has 0 amide bonds. The number of pyridine rings is 1. The van der Waals surface area contributed by atoms with Gasteiger partial charge in [-0.1, -0.05) is 26.0 Å². The quantitative estimate of drug-likeness (QED) is 0.384. The third-order valence-electron chi connectivity index (χ3n) is 5.83. The number of benzene rings is 2. The van der Waals surface area contributed by atoms with Crippen LogP contribution < -0.4 is 16.0 Å². The Kier molecular flexibility index (Phi) is 6.74. The number of thiophene rings is 1. The van der Waals surface area contributed by atoms with E-state index in [0.717, 1.165) is 27.4 Å². The smallest absolute Gasteiger partial charge is 0.266 e. The molecule has 0 aliphatic heterocycles. The molecule has 2 aromatic carbocycles. The van der Waals surface area contributed by atoms with Crippen molar-refractivity contribution in [2.45, 2.75) is 26.7 Å². The van der Waals surface area contributed by atoms with Crippen LogP contribution in [0.4, 0.5) is 4.39 Å². The lowest BCUT2D eigenvalue weighted by molar-refractivity contribution is 0.416. The van der Waals surface area contributed by atoms with Crippen LogP contribution in [0, 0.1) is 18.7 Å². The molecule has 2 aromatic heterocycles. The molecule has 164 valence electrons. The molecular weight excluding hydrogens is 435 g/mol. The number of rotatable bonds is 5. The van der Waals surface area contributed by atoms with Crippen molar-refractivity contribution in [3.63, 3.8) is 0 Å². The van der Waals surface area contributed by atoms with Crippen LogP contribution in [0.3, 0.4) is 0 Å². The summed E-state index contributed by atoms with van der Waals surface area (Å²) in [5.74, 6) is 0.556. The number of hydrogen-bond acceptors (Lipinski definition) is 4. The van der Waals surface area contributed by atoms with Crippen LogP contribution in [0.2, 0.25) is 0 Å². The van der Waals surface area contributed by atoms with Crippen molar-refractivity contribution in [1.82, 2.24) is 4.98 Å². The van der Waals surface area contributed by atoms with Crippen LogP contribution >= 0.6 is 23.7 Å². The van der Waals surface area contributed by atoms with Gasteiger partial charge in [-0.3, -0.25) is 4.79 Å². The Bertz CT molecular complexity index is 1310. The Morgan fingerprint density at radius 2 is 1.97 bits per heavy atom. The lowest BCUT2D eigenvalue weighted by Gasteiger charge is -2.21. The lowest BCUT2D eigenvalue weighted by atomic mass is 9.86. The van der Waals surface area contributed by atoms with E-state index in [-0.39, 0.29) is 35.6 Å². The number of hydrogen-bond donors (Lipinski definition) is 2. The Hall–Kier alpha value is -2.41. The van der Waals surface area contributed by atoms with Gasteiger partial charge in [0.05, 0.1) is 12.6 Å². The number of nitrogens with two attached hydrogens (primary N) is 1. The zero-order valence-corrected chi connectivity index (χ0v) is 19.5. The van der Waals surface area contributed by atoms with Gasteiger partial charge in [-0.15, -0.1) is 23.7 Å². The van der Waals surface area contributed by atoms with E-state index in [2.05, 4.69) is 4.98 Å². The van der Waals surface area contributed by atoms with E-state index in [4.69, 9.17) is 10.5 Å². The maximum atomic E-state index is 15.2. The fourth-order valence-corrected chi connectivity index (χ4v) is 5.05. The first-order valence-electron chi connectivity index (χ1n) is 9.98. The normalized spacial score (nSPS) is 12.4.